The minimum absolute atomic E-state index is 0.179. The lowest BCUT2D eigenvalue weighted by atomic mass is 9.93. The number of carbonyl (C=O) groups excluding carboxylic acids is 1. The second-order valence-electron chi connectivity index (χ2n) is 4.55. The molecule has 0 bridgehead atoms. The highest BCUT2D eigenvalue weighted by molar-refractivity contribution is 7.80. The molecule has 0 saturated carbocycles. The maximum atomic E-state index is 13.3. The molecular formula is C12H14F2N2OS. The fraction of sp³-hybridized carbons (Fsp3) is 0.333. The summed E-state index contributed by atoms with van der Waals surface area (Å²) in [7, 11) is 0. The fourth-order valence-electron chi connectivity index (χ4n) is 1.16. The van der Waals surface area contributed by atoms with Crippen LogP contribution in [0.25, 0.3) is 0 Å². The first-order valence-electron chi connectivity index (χ1n) is 5.27. The van der Waals surface area contributed by atoms with Gasteiger partial charge in [0.05, 0.1) is 10.6 Å². The van der Waals surface area contributed by atoms with E-state index in [1.165, 1.54) is 0 Å². The van der Waals surface area contributed by atoms with Crippen LogP contribution in [0.5, 0.6) is 0 Å². The average molecular weight is 272 g/mol. The Morgan fingerprint density at radius 1 is 1.44 bits per heavy atom. The minimum Gasteiger partial charge on any atom is -0.393 e. The summed E-state index contributed by atoms with van der Waals surface area (Å²) in [6, 6.07) is 2.78. The molecule has 0 unspecified atom stereocenters. The van der Waals surface area contributed by atoms with Crippen LogP contribution in [0.4, 0.5) is 8.78 Å². The van der Waals surface area contributed by atoms with E-state index in [1.807, 2.05) is 0 Å². The van der Waals surface area contributed by atoms with E-state index in [0.29, 0.717) is 6.07 Å². The van der Waals surface area contributed by atoms with Crippen LogP contribution < -0.4 is 11.1 Å². The average Bonchev–Trinajstić information content (AvgIpc) is 2.25. The van der Waals surface area contributed by atoms with Gasteiger partial charge in [0.1, 0.15) is 11.6 Å². The zero-order valence-corrected chi connectivity index (χ0v) is 10.9. The van der Waals surface area contributed by atoms with Gasteiger partial charge in [-0.25, -0.2) is 8.78 Å². The van der Waals surface area contributed by atoms with E-state index < -0.39 is 23.0 Å². The predicted octanol–water partition coefficient (Wildman–Crippen LogP) is 2.01. The molecule has 3 nitrogen and oxygen atoms in total. The molecule has 0 aromatic heterocycles. The van der Waals surface area contributed by atoms with Gasteiger partial charge in [0.2, 0.25) is 0 Å². The van der Waals surface area contributed by atoms with E-state index in [4.69, 9.17) is 18.0 Å². The zero-order valence-electron chi connectivity index (χ0n) is 10.1. The van der Waals surface area contributed by atoms with Gasteiger partial charge in [-0.15, -0.1) is 0 Å². The van der Waals surface area contributed by atoms with Gasteiger partial charge in [-0.1, -0.05) is 26.1 Å². The zero-order chi connectivity index (χ0) is 13.9. The maximum absolute atomic E-state index is 13.3. The van der Waals surface area contributed by atoms with Crippen LogP contribution in [0.3, 0.4) is 0 Å². The van der Waals surface area contributed by atoms with Crippen LogP contribution in [-0.4, -0.2) is 17.4 Å². The van der Waals surface area contributed by atoms with Crippen LogP contribution in [-0.2, 0) is 0 Å². The topological polar surface area (TPSA) is 55.1 Å². The Morgan fingerprint density at radius 3 is 2.56 bits per heavy atom. The number of hydrogen-bond donors (Lipinski definition) is 2. The van der Waals surface area contributed by atoms with Crippen molar-refractivity contribution in [1.82, 2.24) is 5.32 Å². The van der Waals surface area contributed by atoms with Crippen molar-refractivity contribution in [2.24, 2.45) is 11.1 Å². The Kier molecular flexibility index (Phi) is 4.34. The normalized spacial score (nSPS) is 11.1. The summed E-state index contributed by atoms with van der Waals surface area (Å²) in [6.07, 6.45) is 0. The maximum Gasteiger partial charge on any atom is 0.254 e. The molecule has 0 aliphatic carbocycles. The second-order valence-corrected chi connectivity index (χ2v) is 4.99. The molecule has 0 fully saturated rings. The van der Waals surface area contributed by atoms with Gasteiger partial charge in [0.25, 0.3) is 5.91 Å². The molecule has 3 N–H and O–H groups in total. The molecular weight excluding hydrogens is 258 g/mol. The second kappa shape index (κ2) is 5.39. The highest BCUT2D eigenvalue weighted by Gasteiger charge is 2.23. The highest BCUT2D eigenvalue weighted by atomic mass is 32.1. The molecule has 1 aromatic carbocycles. The summed E-state index contributed by atoms with van der Waals surface area (Å²) >= 11 is 4.85. The number of hydrogen-bond acceptors (Lipinski definition) is 2. The molecule has 0 spiro atoms. The summed E-state index contributed by atoms with van der Waals surface area (Å²) in [4.78, 5) is 11.9. The molecule has 0 aliphatic heterocycles. The fourth-order valence-corrected chi connectivity index (χ4v) is 1.23. The molecule has 0 heterocycles. The Labute approximate surface area is 109 Å². The minimum atomic E-state index is -0.902. The van der Waals surface area contributed by atoms with Crippen LogP contribution in [0.1, 0.15) is 24.2 Å². The van der Waals surface area contributed by atoms with Gasteiger partial charge in [-0.3, -0.25) is 4.79 Å². The number of amides is 1. The first kappa shape index (κ1) is 14.5. The standard InChI is InChI=1S/C12H14F2N2OS/c1-12(2,11(15)18)6-16-10(17)8-4-3-7(13)5-9(8)14/h3-5H,6H2,1-2H3,(H2,15,18)(H,16,17). The molecule has 98 valence electrons. The smallest absolute Gasteiger partial charge is 0.254 e. The lowest BCUT2D eigenvalue weighted by Gasteiger charge is -2.23. The van der Waals surface area contributed by atoms with Crippen molar-refractivity contribution in [3.8, 4) is 0 Å². The van der Waals surface area contributed by atoms with Gasteiger partial charge >= 0.3 is 0 Å². The molecule has 0 saturated heterocycles. The number of carbonyl (C=O) groups is 1. The Hall–Kier alpha value is -1.56. The molecule has 1 rings (SSSR count). The molecule has 18 heavy (non-hydrogen) atoms. The van der Waals surface area contributed by atoms with Gasteiger partial charge in [-0.2, -0.15) is 0 Å². The quantitative estimate of drug-likeness (QED) is 0.824. The van der Waals surface area contributed by atoms with E-state index in [1.54, 1.807) is 13.8 Å². The number of rotatable bonds is 4. The summed E-state index contributed by atoms with van der Waals surface area (Å²) in [5, 5.41) is 2.51. The number of benzene rings is 1. The Morgan fingerprint density at radius 2 is 2.06 bits per heavy atom. The highest BCUT2D eigenvalue weighted by Crippen LogP contribution is 2.14. The molecule has 0 aliphatic rings. The van der Waals surface area contributed by atoms with E-state index in [2.05, 4.69) is 5.32 Å². The van der Waals surface area contributed by atoms with Crippen molar-refractivity contribution in [3.63, 3.8) is 0 Å². The summed E-state index contributed by atoms with van der Waals surface area (Å²) in [5.74, 6) is -2.26. The van der Waals surface area contributed by atoms with Crippen LogP contribution in [0.15, 0.2) is 18.2 Å². The van der Waals surface area contributed by atoms with Crippen molar-refractivity contribution in [3.05, 3.63) is 35.4 Å². The molecule has 1 aromatic rings. The van der Waals surface area contributed by atoms with E-state index in [-0.39, 0.29) is 17.1 Å². The number of nitrogens with one attached hydrogen (secondary N) is 1. The monoisotopic (exact) mass is 272 g/mol. The van der Waals surface area contributed by atoms with Crippen LogP contribution >= 0.6 is 12.2 Å². The number of nitrogens with two attached hydrogens (primary N) is 1. The molecule has 1 amide bonds. The third-order valence-electron chi connectivity index (χ3n) is 2.53. The van der Waals surface area contributed by atoms with Crippen molar-refractivity contribution in [1.29, 1.82) is 0 Å². The number of halogens is 2. The first-order chi connectivity index (χ1) is 8.24. The molecule has 0 radical (unpaired) electrons. The largest absolute Gasteiger partial charge is 0.393 e. The third kappa shape index (κ3) is 3.46. The van der Waals surface area contributed by atoms with E-state index in [0.717, 1.165) is 12.1 Å². The van der Waals surface area contributed by atoms with Gasteiger partial charge in [-0.05, 0) is 12.1 Å². The third-order valence-corrected chi connectivity index (χ3v) is 3.09. The lowest BCUT2D eigenvalue weighted by molar-refractivity contribution is 0.0941. The van der Waals surface area contributed by atoms with Crippen LogP contribution in [0.2, 0.25) is 0 Å². The van der Waals surface area contributed by atoms with Crippen molar-refractivity contribution in [2.75, 3.05) is 6.54 Å². The first-order valence-corrected chi connectivity index (χ1v) is 5.68. The predicted molar refractivity (Wildman–Crippen MR) is 69.3 cm³/mol. The molecule has 0 atom stereocenters. The van der Waals surface area contributed by atoms with Crippen LogP contribution in [0, 0.1) is 17.0 Å². The summed E-state index contributed by atoms with van der Waals surface area (Å²) in [6.45, 7) is 3.70. The van der Waals surface area contributed by atoms with E-state index >= 15 is 0 Å². The van der Waals surface area contributed by atoms with Crippen molar-refractivity contribution >= 4 is 23.1 Å². The lowest BCUT2D eigenvalue weighted by Crippen LogP contribution is -2.41. The Balaban J connectivity index is 2.75. The van der Waals surface area contributed by atoms with E-state index in [9.17, 15) is 13.6 Å². The molecule has 6 heteroatoms. The van der Waals surface area contributed by atoms with Crippen molar-refractivity contribution < 1.29 is 13.6 Å². The SMILES string of the molecule is CC(C)(CNC(=O)c1ccc(F)cc1F)C(N)=S. The van der Waals surface area contributed by atoms with Gasteiger partial charge in [0.15, 0.2) is 0 Å². The van der Waals surface area contributed by atoms with Crippen molar-refractivity contribution in [2.45, 2.75) is 13.8 Å². The van der Waals surface area contributed by atoms with Gasteiger partial charge in [0, 0.05) is 18.0 Å². The Bertz CT molecular complexity index is 489. The summed E-state index contributed by atoms with van der Waals surface area (Å²) < 4.78 is 26.0. The van der Waals surface area contributed by atoms with Gasteiger partial charge < -0.3 is 11.1 Å². The summed E-state index contributed by atoms with van der Waals surface area (Å²) in [5.41, 5.74) is 4.72. The number of thiocarbonyl (C=S) groups is 1.